The van der Waals surface area contributed by atoms with Crippen LogP contribution in [0.1, 0.15) is 0 Å². The number of aromatic amines is 1. The van der Waals surface area contributed by atoms with E-state index in [-0.39, 0.29) is 0 Å². The summed E-state index contributed by atoms with van der Waals surface area (Å²) in [6.45, 7) is 0. The van der Waals surface area contributed by atoms with Gasteiger partial charge < -0.3 is 0 Å². The van der Waals surface area contributed by atoms with Crippen LogP contribution in [0.3, 0.4) is 0 Å². The molecule has 3 aromatic rings. The fourth-order valence-electron chi connectivity index (χ4n) is 1.88. The Balaban J connectivity index is 2.25. The highest BCUT2D eigenvalue weighted by Gasteiger charge is 2.13. The molecule has 0 radical (unpaired) electrons. The number of pyridine rings is 1. The van der Waals surface area contributed by atoms with Gasteiger partial charge in [0.2, 0.25) is 0 Å². The Bertz CT molecular complexity index is 813. The minimum atomic E-state index is 0.487. The summed E-state index contributed by atoms with van der Waals surface area (Å²) in [4.78, 5) is 4.00. The number of hydrogen-bond donors (Lipinski definition) is 1. The molecule has 1 N–H and O–H groups in total. The fraction of sp³-hybridized carbons (Fsp3) is 0. The van der Waals surface area contributed by atoms with E-state index in [0.717, 1.165) is 15.7 Å². The summed E-state index contributed by atoms with van der Waals surface area (Å²) in [6, 6.07) is 9.36. The molecule has 0 amide bonds. The van der Waals surface area contributed by atoms with E-state index in [1.54, 1.807) is 17.0 Å². The lowest BCUT2D eigenvalue weighted by molar-refractivity contribution is 1.03. The van der Waals surface area contributed by atoms with Crippen LogP contribution in [-0.4, -0.2) is 19.7 Å². The summed E-state index contributed by atoms with van der Waals surface area (Å²) in [6.07, 6.45) is 3.42. The predicted octanol–water partition coefficient (Wildman–Crippen LogP) is 4.41. The maximum Gasteiger partial charge on any atom is 0.200 e. The third-order valence-corrected chi connectivity index (χ3v) is 3.83. The van der Waals surface area contributed by atoms with Crippen LogP contribution in [0, 0.1) is 4.77 Å². The standard InChI is InChI=1S/C13H8BrClN4S/c14-9-1-2-11(10(15)7-9)19-12(17-18-13(19)20)8-3-5-16-6-4-8/h1-7H,(H,18,20). The summed E-state index contributed by atoms with van der Waals surface area (Å²) >= 11 is 15.0. The fourth-order valence-corrected chi connectivity index (χ4v) is 2.87. The largest absolute Gasteiger partial charge is 0.267 e. The maximum absolute atomic E-state index is 6.30. The van der Waals surface area contributed by atoms with Crippen LogP contribution in [0.25, 0.3) is 17.1 Å². The van der Waals surface area contributed by atoms with Crippen molar-refractivity contribution in [1.82, 2.24) is 19.7 Å². The van der Waals surface area contributed by atoms with Gasteiger partial charge in [-0.1, -0.05) is 27.5 Å². The zero-order valence-electron chi connectivity index (χ0n) is 10.0. The van der Waals surface area contributed by atoms with Gasteiger partial charge in [0.15, 0.2) is 10.6 Å². The molecule has 0 aliphatic carbocycles. The zero-order chi connectivity index (χ0) is 14.1. The highest BCUT2D eigenvalue weighted by atomic mass is 79.9. The predicted molar refractivity (Wildman–Crippen MR) is 84.7 cm³/mol. The Morgan fingerprint density at radius 2 is 1.95 bits per heavy atom. The molecule has 0 saturated heterocycles. The van der Waals surface area contributed by atoms with E-state index in [2.05, 4.69) is 31.1 Å². The summed E-state index contributed by atoms with van der Waals surface area (Å²) in [5.74, 6) is 0.696. The Labute approximate surface area is 133 Å². The number of aromatic nitrogens is 4. The summed E-state index contributed by atoms with van der Waals surface area (Å²) in [5, 5.41) is 7.66. The number of nitrogens with zero attached hydrogens (tertiary/aromatic N) is 3. The first-order valence-electron chi connectivity index (χ1n) is 5.70. The van der Waals surface area contributed by atoms with Crippen LogP contribution in [-0.2, 0) is 0 Å². The molecule has 1 aromatic carbocycles. The van der Waals surface area contributed by atoms with Crippen molar-refractivity contribution >= 4 is 39.7 Å². The average molecular weight is 368 g/mol. The van der Waals surface area contributed by atoms with Crippen LogP contribution in [0.4, 0.5) is 0 Å². The van der Waals surface area contributed by atoms with Crippen molar-refractivity contribution in [2.75, 3.05) is 0 Å². The monoisotopic (exact) mass is 366 g/mol. The van der Waals surface area contributed by atoms with Crippen LogP contribution >= 0.6 is 39.7 Å². The molecule has 3 rings (SSSR count). The summed E-state index contributed by atoms with van der Waals surface area (Å²) in [5.41, 5.74) is 1.69. The Hall–Kier alpha value is -1.50. The molecule has 2 aromatic heterocycles. The molecule has 0 bridgehead atoms. The highest BCUT2D eigenvalue weighted by molar-refractivity contribution is 9.10. The lowest BCUT2D eigenvalue weighted by Crippen LogP contribution is -1.98. The van der Waals surface area contributed by atoms with Crippen LogP contribution in [0.15, 0.2) is 47.2 Å². The van der Waals surface area contributed by atoms with E-state index in [9.17, 15) is 0 Å². The van der Waals surface area contributed by atoms with Gasteiger partial charge in [-0.3, -0.25) is 14.6 Å². The number of nitrogens with one attached hydrogen (secondary N) is 1. The molecular formula is C13H8BrClN4S. The van der Waals surface area contributed by atoms with E-state index in [1.165, 1.54) is 0 Å². The lowest BCUT2D eigenvalue weighted by Gasteiger charge is -2.09. The van der Waals surface area contributed by atoms with Gasteiger partial charge in [0.1, 0.15) is 0 Å². The molecular weight excluding hydrogens is 360 g/mol. The minimum absolute atomic E-state index is 0.487. The van der Waals surface area contributed by atoms with Crippen molar-refractivity contribution in [2.45, 2.75) is 0 Å². The average Bonchev–Trinajstić information content (AvgIpc) is 2.82. The van der Waals surface area contributed by atoms with Crippen molar-refractivity contribution in [3.63, 3.8) is 0 Å². The zero-order valence-corrected chi connectivity index (χ0v) is 13.2. The molecule has 0 fully saturated rings. The van der Waals surface area contributed by atoms with Gasteiger partial charge in [0.25, 0.3) is 0 Å². The topological polar surface area (TPSA) is 46.5 Å². The van der Waals surface area contributed by atoms with Crippen LogP contribution in [0.5, 0.6) is 0 Å². The van der Waals surface area contributed by atoms with Crippen molar-refractivity contribution in [1.29, 1.82) is 0 Å². The number of halogens is 2. The van der Waals surface area contributed by atoms with E-state index in [0.29, 0.717) is 15.6 Å². The van der Waals surface area contributed by atoms with Gasteiger partial charge in [-0.25, -0.2) is 0 Å². The third kappa shape index (κ3) is 2.42. The van der Waals surface area contributed by atoms with Gasteiger partial charge in [0.05, 0.1) is 10.7 Å². The van der Waals surface area contributed by atoms with Gasteiger partial charge in [-0.2, -0.15) is 5.10 Å². The smallest absolute Gasteiger partial charge is 0.200 e. The first kappa shape index (κ1) is 13.5. The molecule has 0 atom stereocenters. The molecule has 4 nitrogen and oxygen atoms in total. The molecule has 0 aliphatic heterocycles. The summed E-state index contributed by atoms with van der Waals surface area (Å²) in [7, 11) is 0. The van der Waals surface area contributed by atoms with Gasteiger partial charge in [-0.05, 0) is 42.5 Å². The second-order valence-electron chi connectivity index (χ2n) is 4.02. The molecule has 0 unspecified atom stereocenters. The maximum atomic E-state index is 6.30. The van der Waals surface area contributed by atoms with Gasteiger partial charge in [0, 0.05) is 22.4 Å². The van der Waals surface area contributed by atoms with E-state index >= 15 is 0 Å². The van der Waals surface area contributed by atoms with E-state index in [4.69, 9.17) is 23.8 Å². The Morgan fingerprint density at radius 1 is 1.20 bits per heavy atom. The molecule has 0 saturated carbocycles. The highest BCUT2D eigenvalue weighted by Crippen LogP contribution is 2.28. The molecule has 7 heteroatoms. The quantitative estimate of drug-likeness (QED) is 0.683. The second kappa shape index (κ2) is 5.47. The molecule has 0 spiro atoms. The number of hydrogen-bond acceptors (Lipinski definition) is 3. The van der Waals surface area contributed by atoms with Crippen molar-refractivity contribution in [3.8, 4) is 17.1 Å². The van der Waals surface area contributed by atoms with Crippen molar-refractivity contribution in [3.05, 3.63) is 57.0 Å². The van der Waals surface area contributed by atoms with Crippen LogP contribution < -0.4 is 0 Å². The second-order valence-corrected chi connectivity index (χ2v) is 5.73. The third-order valence-electron chi connectivity index (χ3n) is 2.76. The Kier molecular flexibility index (Phi) is 3.69. The van der Waals surface area contributed by atoms with E-state index < -0.39 is 0 Å². The van der Waals surface area contributed by atoms with Crippen molar-refractivity contribution in [2.24, 2.45) is 0 Å². The number of rotatable bonds is 2. The molecule has 100 valence electrons. The normalized spacial score (nSPS) is 10.7. The molecule has 0 aliphatic rings. The van der Waals surface area contributed by atoms with Gasteiger partial charge in [-0.15, -0.1) is 0 Å². The molecule has 2 heterocycles. The number of H-pyrrole nitrogens is 1. The van der Waals surface area contributed by atoms with Crippen molar-refractivity contribution < 1.29 is 0 Å². The Morgan fingerprint density at radius 3 is 2.65 bits per heavy atom. The number of benzene rings is 1. The SMILES string of the molecule is S=c1[nH]nc(-c2ccncc2)n1-c1ccc(Br)cc1Cl. The first-order chi connectivity index (χ1) is 9.66. The first-order valence-corrected chi connectivity index (χ1v) is 7.28. The van der Waals surface area contributed by atoms with E-state index in [1.807, 2.05) is 30.3 Å². The molecule has 20 heavy (non-hydrogen) atoms. The van der Waals surface area contributed by atoms with Gasteiger partial charge >= 0.3 is 0 Å². The van der Waals surface area contributed by atoms with Crippen LogP contribution in [0.2, 0.25) is 5.02 Å². The lowest BCUT2D eigenvalue weighted by atomic mass is 10.2. The summed E-state index contributed by atoms with van der Waals surface area (Å²) < 4.78 is 3.20. The minimum Gasteiger partial charge on any atom is -0.267 e.